The first-order valence-corrected chi connectivity index (χ1v) is 6.49. The van der Waals surface area contributed by atoms with Crippen LogP contribution in [0.15, 0.2) is 42.5 Å². The van der Waals surface area contributed by atoms with Crippen molar-refractivity contribution in [2.75, 3.05) is 7.11 Å². The Morgan fingerprint density at radius 1 is 1.05 bits per heavy atom. The monoisotopic (exact) mass is 287 g/mol. The molecule has 0 saturated heterocycles. The summed E-state index contributed by atoms with van der Waals surface area (Å²) in [5.74, 6) is 0.188. The minimum absolute atomic E-state index is 0.143. The average molecular weight is 287 g/mol. The standard InChI is InChI=1S/C16H17NO4/c1-21-13-5-2-11(3-6-13)10-17-16(20)9-12-4-7-14(18)15(19)8-12/h2-8,18-19H,9-10H2,1H3,(H,17,20). The van der Waals surface area contributed by atoms with Crippen LogP contribution in [0.3, 0.4) is 0 Å². The molecule has 3 N–H and O–H groups in total. The van der Waals surface area contributed by atoms with Crippen LogP contribution in [0, 0.1) is 0 Å². The van der Waals surface area contributed by atoms with E-state index in [0.29, 0.717) is 12.1 Å². The number of hydrogen-bond acceptors (Lipinski definition) is 4. The number of amides is 1. The first-order valence-electron chi connectivity index (χ1n) is 6.49. The van der Waals surface area contributed by atoms with Gasteiger partial charge in [-0.2, -0.15) is 0 Å². The second kappa shape index (κ2) is 6.65. The van der Waals surface area contributed by atoms with Crippen molar-refractivity contribution in [2.24, 2.45) is 0 Å². The molecule has 0 aromatic heterocycles. The minimum Gasteiger partial charge on any atom is -0.504 e. The lowest BCUT2D eigenvalue weighted by Gasteiger charge is -2.07. The Hall–Kier alpha value is -2.69. The Kier molecular flexibility index (Phi) is 4.66. The number of hydrogen-bond donors (Lipinski definition) is 3. The Morgan fingerprint density at radius 3 is 2.33 bits per heavy atom. The van der Waals surface area contributed by atoms with E-state index in [4.69, 9.17) is 4.74 Å². The van der Waals surface area contributed by atoms with Crippen LogP contribution in [0.1, 0.15) is 11.1 Å². The molecule has 0 unspecified atom stereocenters. The maximum atomic E-state index is 11.8. The zero-order valence-corrected chi connectivity index (χ0v) is 11.7. The van der Waals surface area contributed by atoms with E-state index in [-0.39, 0.29) is 23.8 Å². The summed E-state index contributed by atoms with van der Waals surface area (Å²) < 4.78 is 5.06. The first kappa shape index (κ1) is 14.7. The molecule has 2 rings (SSSR count). The van der Waals surface area contributed by atoms with Gasteiger partial charge in [0.05, 0.1) is 13.5 Å². The summed E-state index contributed by atoms with van der Waals surface area (Å²) in [6.07, 6.45) is 0.143. The Labute approximate surface area is 122 Å². The summed E-state index contributed by atoms with van der Waals surface area (Å²) in [5, 5.41) is 21.4. The molecule has 5 heteroatoms. The van der Waals surface area contributed by atoms with Gasteiger partial charge in [-0.05, 0) is 35.4 Å². The van der Waals surface area contributed by atoms with Gasteiger partial charge < -0.3 is 20.3 Å². The van der Waals surface area contributed by atoms with Gasteiger partial charge in [0, 0.05) is 6.54 Å². The summed E-state index contributed by atoms with van der Waals surface area (Å²) in [6.45, 7) is 0.424. The fourth-order valence-electron chi connectivity index (χ4n) is 1.87. The van der Waals surface area contributed by atoms with E-state index < -0.39 is 0 Å². The third-order valence-electron chi connectivity index (χ3n) is 3.05. The smallest absolute Gasteiger partial charge is 0.224 e. The molecule has 0 radical (unpaired) electrons. The quantitative estimate of drug-likeness (QED) is 0.735. The van der Waals surface area contributed by atoms with Gasteiger partial charge in [-0.15, -0.1) is 0 Å². The second-order valence-electron chi connectivity index (χ2n) is 4.62. The highest BCUT2D eigenvalue weighted by Gasteiger charge is 2.06. The Bertz CT molecular complexity index is 623. The lowest BCUT2D eigenvalue weighted by molar-refractivity contribution is -0.120. The predicted octanol–water partition coefficient (Wildman–Crippen LogP) is 1.97. The van der Waals surface area contributed by atoms with Crippen LogP contribution in [0.4, 0.5) is 0 Å². The second-order valence-corrected chi connectivity index (χ2v) is 4.62. The number of ether oxygens (including phenoxy) is 1. The van der Waals surface area contributed by atoms with Crippen LogP contribution in [-0.2, 0) is 17.8 Å². The lowest BCUT2D eigenvalue weighted by Crippen LogP contribution is -2.24. The number of carbonyl (C=O) groups excluding carboxylic acids is 1. The number of phenols is 2. The molecule has 110 valence electrons. The maximum Gasteiger partial charge on any atom is 0.224 e. The fourth-order valence-corrected chi connectivity index (χ4v) is 1.87. The van der Waals surface area contributed by atoms with Crippen molar-refractivity contribution in [1.82, 2.24) is 5.32 Å². The van der Waals surface area contributed by atoms with E-state index in [2.05, 4.69) is 5.32 Å². The van der Waals surface area contributed by atoms with Gasteiger partial charge in [0.25, 0.3) is 0 Å². The van der Waals surface area contributed by atoms with Gasteiger partial charge in [0.1, 0.15) is 5.75 Å². The van der Waals surface area contributed by atoms with Gasteiger partial charge in [0.2, 0.25) is 5.91 Å². The van der Waals surface area contributed by atoms with E-state index in [1.807, 2.05) is 24.3 Å². The number of rotatable bonds is 5. The van der Waals surface area contributed by atoms with E-state index in [1.165, 1.54) is 12.1 Å². The molecule has 0 saturated carbocycles. The van der Waals surface area contributed by atoms with E-state index >= 15 is 0 Å². The lowest BCUT2D eigenvalue weighted by atomic mass is 10.1. The van der Waals surface area contributed by atoms with Crippen LogP contribution < -0.4 is 10.1 Å². The molecular weight excluding hydrogens is 270 g/mol. The number of nitrogens with one attached hydrogen (secondary N) is 1. The molecule has 0 spiro atoms. The first-order chi connectivity index (χ1) is 10.1. The number of methoxy groups -OCH3 is 1. The van der Waals surface area contributed by atoms with Crippen molar-refractivity contribution in [1.29, 1.82) is 0 Å². The Balaban J connectivity index is 1.87. The number of aromatic hydroxyl groups is 2. The van der Waals surface area contributed by atoms with Crippen LogP contribution in [0.25, 0.3) is 0 Å². The van der Waals surface area contributed by atoms with Gasteiger partial charge in [-0.3, -0.25) is 4.79 Å². The Morgan fingerprint density at radius 2 is 1.71 bits per heavy atom. The highest BCUT2D eigenvalue weighted by molar-refractivity contribution is 5.78. The molecule has 0 aliphatic rings. The molecule has 21 heavy (non-hydrogen) atoms. The summed E-state index contributed by atoms with van der Waals surface area (Å²) in [4.78, 5) is 11.8. The summed E-state index contributed by atoms with van der Waals surface area (Å²) in [7, 11) is 1.60. The molecule has 0 heterocycles. The van der Waals surface area contributed by atoms with Crippen molar-refractivity contribution >= 4 is 5.91 Å². The van der Waals surface area contributed by atoms with Crippen LogP contribution in [-0.4, -0.2) is 23.2 Å². The third kappa shape index (κ3) is 4.14. The topological polar surface area (TPSA) is 78.8 Å². The van der Waals surface area contributed by atoms with Crippen molar-refractivity contribution < 1.29 is 19.7 Å². The number of phenolic OH excluding ortho intramolecular Hbond substituents is 2. The van der Waals surface area contributed by atoms with Crippen molar-refractivity contribution in [3.05, 3.63) is 53.6 Å². The largest absolute Gasteiger partial charge is 0.504 e. The molecule has 0 aliphatic carbocycles. The van der Waals surface area contributed by atoms with Crippen molar-refractivity contribution in [3.63, 3.8) is 0 Å². The molecule has 0 bridgehead atoms. The molecule has 1 amide bonds. The molecule has 0 atom stereocenters. The number of carbonyl (C=O) groups is 1. The normalized spacial score (nSPS) is 10.1. The molecule has 5 nitrogen and oxygen atoms in total. The van der Waals surface area contributed by atoms with Gasteiger partial charge in [-0.25, -0.2) is 0 Å². The average Bonchev–Trinajstić information content (AvgIpc) is 2.49. The van der Waals surface area contributed by atoms with Crippen LogP contribution >= 0.6 is 0 Å². The highest BCUT2D eigenvalue weighted by Crippen LogP contribution is 2.24. The molecule has 0 aliphatic heterocycles. The van der Waals surface area contributed by atoms with E-state index in [1.54, 1.807) is 13.2 Å². The highest BCUT2D eigenvalue weighted by atomic mass is 16.5. The van der Waals surface area contributed by atoms with Gasteiger partial charge in [-0.1, -0.05) is 18.2 Å². The predicted molar refractivity (Wildman–Crippen MR) is 78.3 cm³/mol. The summed E-state index contributed by atoms with van der Waals surface area (Å²) >= 11 is 0. The maximum absolute atomic E-state index is 11.8. The molecular formula is C16H17NO4. The van der Waals surface area contributed by atoms with Crippen LogP contribution in [0.2, 0.25) is 0 Å². The zero-order chi connectivity index (χ0) is 15.2. The molecule has 2 aromatic rings. The SMILES string of the molecule is COc1ccc(CNC(=O)Cc2ccc(O)c(O)c2)cc1. The van der Waals surface area contributed by atoms with Crippen molar-refractivity contribution in [3.8, 4) is 17.2 Å². The zero-order valence-electron chi connectivity index (χ0n) is 11.7. The third-order valence-corrected chi connectivity index (χ3v) is 3.05. The molecule has 2 aromatic carbocycles. The van der Waals surface area contributed by atoms with Gasteiger partial charge >= 0.3 is 0 Å². The number of benzene rings is 2. The minimum atomic E-state index is -0.226. The summed E-state index contributed by atoms with van der Waals surface area (Å²) in [5.41, 5.74) is 1.61. The summed E-state index contributed by atoms with van der Waals surface area (Å²) in [6, 6.07) is 11.8. The van der Waals surface area contributed by atoms with E-state index in [0.717, 1.165) is 11.3 Å². The van der Waals surface area contributed by atoms with Crippen LogP contribution in [0.5, 0.6) is 17.2 Å². The van der Waals surface area contributed by atoms with E-state index in [9.17, 15) is 15.0 Å². The van der Waals surface area contributed by atoms with Crippen molar-refractivity contribution in [2.45, 2.75) is 13.0 Å². The van der Waals surface area contributed by atoms with Gasteiger partial charge in [0.15, 0.2) is 11.5 Å². The fraction of sp³-hybridized carbons (Fsp3) is 0.188. The molecule has 0 fully saturated rings.